The number of morpholine rings is 1. The summed E-state index contributed by atoms with van der Waals surface area (Å²) >= 11 is 2.40. The molecule has 3 unspecified atom stereocenters. The van der Waals surface area contributed by atoms with Gasteiger partial charge in [-0.2, -0.15) is 0 Å². The Morgan fingerprint density at radius 2 is 2.44 bits per heavy atom. The van der Waals surface area contributed by atoms with E-state index in [9.17, 15) is 0 Å². The molecule has 2 rings (SSSR count). The van der Waals surface area contributed by atoms with Gasteiger partial charge in [0.25, 0.3) is 0 Å². The summed E-state index contributed by atoms with van der Waals surface area (Å²) in [4.78, 5) is 0. The number of hydrogen-bond acceptors (Lipinski definition) is 2. The minimum atomic E-state index is 0.534. The van der Waals surface area contributed by atoms with Gasteiger partial charge >= 0.3 is 0 Å². The Morgan fingerprint density at radius 3 is 2.78 bits per heavy atom. The van der Waals surface area contributed by atoms with Crippen molar-refractivity contribution in [1.29, 1.82) is 0 Å². The van der Waals surface area contributed by atoms with Gasteiger partial charge in [-0.05, 0) is 13.3 Å². The van der Waals surface area contributed by atoms with Gasteiger partial charge in [-0.15, -0.1) is 0 Å². The zero-order valence-corrected chi connectivity index (χ0v) is 7.54. The number of fused-ring (bicyclic) bond motifs is 2. The minimum Gasteiger partial charge on any atom is -0.375 e. The fourth-order valence-electron chi connectivity index (χ4n) is 1.64. The fraction of sp³-hybridized carbons (Fsp3) is 1.00. The zero-order valence-electron chi connectivity index (χ0n) is 5.38. The molecule has 2 bridgehead atoms. The maximum absolute atomic E-state index is 5.49. The minimum absolute atomic E-state index is 0.534. The number of hydrogen-bond donors (Lipinski definition) is 0. The van der Waals surface area contributed by atoms with Gasteiger partial charge < -0.3 is 4.74 Å². The molecule has 0 aromatic rings. The smallest absolute Gasteiger partial charge is 0.0752 e. The number of ether oxygens (including phenoxy) is 1. The van der Waals surface area contributed by atoms with Crippen molar-refractivity contribution in [2.45, 2.75) is 31.5 Å². The van der Waals surface area contributed by atoms with Gasteiger partial charge in [-0.1, -0.05) is 0 Å². The first-order valence-corrected chi connectivity index (χ1v) is 4.31. The molecule has 2 aliphatic heterocycles. The Labute approximate surface area is 69.0 Å². The second kappa shape index (κ2) is 2.07. The molecule has 0 spiro atoms. The molecule has 3 atom stereocenters. The summed E-state index contributed by atoms with van der Waals surface area (Å²) in [5.74, 6) is 0. The summed E-state index contributed by atoms with van der Waals surface area (Å²) in [5, 5.41) is 0. The van der Waals surface area contributed by atoms with Crippen LogP contribution < -0.4 is 0 Å². The third-order valence-electron chi connectivity index (χ3n) is 2.28. The highest BCUT2D eigenvalue weighted by Gasteiger charge is 2.43. The van der Waals surface area contributed by atoms with E-state index in [-0.39, 0.29) is 0 Å². The van der Waals surface area contributed by atoms with Crippen LogP contribution in [0.2, 0.25) is 0 Å². The van der Waals surface area contributed by atoms with Gasteiger partial charge in [-0.3, -0.25) is 0 Å². The molecule has 0 aromatic carbocycles. The molecule has 0 N–H and O–H groups in total. The third kappa shape index (κ3) is 0.816. The number of halogens is 1. The molecule has 0 radical (unpaired) electrons. The fourth-order valence-corrected chi connectivity index (χ4v) is 2.39. The molecule has 52 valence electrons. The van der Waals surface area contributed by atoms with Gasteiger partial charge in [0.05, 0.1) is 12.7 Å². The quantitative estimate of drug-likeness (QED) is 0.465. The van der Waals surface area contributed by atoms with Crippen molar-refractivity contribution < 1.29 is 4.74 Å². The summed E-state index contributed by atoms with van der Waals surface area (Å²) in [6.07, 6.45) is 1.79. The summed E-state index contributed by atoms with van der Waals surface area (Å²) in [5.41, 5.74) is 0. The largest absolute Gasteiger partial charge is 0.375 e. The van der Waals surface area contributed by atoms with Gasteiger partial charge in [0, 0.05) is 34.9 Å². The van der Waals surface area contributed by atoms with E-state index in [0.717, 1.165) is 6.61 Å². The molecule has 2 aliphatic rings. The predicted octanol–water partition coefficient (Wildman–Crippen LogP) is 1.20. The second-order valence-electron chi connectivity index (χ2n) is 2.85. The van der Waals surface area contributed by atoms with E-state index in [1.807, 2.05) is 0 Å². The van der Waals surface area contributed by atoms with Crippen LogP contribution in [0.1, 0.15) is 13.3 Å². The number of nitrogens with zero attached hydrogens (tertiary/aromatic N) is 1. The van der Waals surface area contributed by atoms with Gasteiger partial charge in [-0.25, -0.2) is 3.11 Å². The molecule has 2 fully saturated rings. The first-order chi connectivity index (χ1) is 4.29. The van der Waals surface area contributed by atoms with Crippen LogP contribution in [0.3, 0.4) is 0 Å². The lowest BCUT2D eigenvalue weighted by atomic mass is 10.2. The highest BCUT2D eigenvalue weighted by Crippen LogP contribution is 2.35. The Morgan fingerprint density at radius 1 is 1.67 bits per heavy atom. The summed E-state index contributed by atoms with van der Waals surface area (Å²) < 4.78 is 7.88. The Balaban J connectivity index is 2.15. The first-order valence-electron chi connectivity index (χ1n) is 3.35. The van der Waals surface area contributed by atoms with E-state index in [1.54, 1.807) is 0 Å². The van der Waals surface area contributed by atoms with E-state index >= 15 is 0 Å². The lowest BCUT2D eigenvalue weighted by Gasteiger charge is -2.26. The topological polar surface area (TPSA) is 12.5 Å². The van der Waals surface area contributed by atoms with E-state index in [4.69, 9.17) is 4.74 Å². The predicted molar refractivity (Wildman–Crippen MR) is 43.5 cm³/mol. The maximum Gasteiger partial charge on any atom is 0.0752 e. The van der Waals surface area contributed by atoms with Crippen LogP contribution in [0.4, 0.5) is 0 Å². The average Bonchev–Trinajstić information content (AvgIpc) is 2.37. The van der Waals surface area contributed by atoms with Crippen molar-refractivity contribution in [2.24, 2.45) is 0 Å². The first kappa shape index (κ1) is 6.37. The van der Waals surface area contributed by atoms with Crippen molar-refractivity contribution in [1.82, 2.24) is 3.11 Å². The lowest BCUT2D eigenvalue weighted by Crippen LogP contribution is -2.36. The van der Waals surface area contributed by atoms with Crippen molar-refractivity contribution in [2.75, 3.05) is 6.61 Å². The molecule has 0 saturated carbocycles. The Hall–Kier alpha value is 0.650. The molecule has 0 aliphatic carbocycles. The normalized spacial score (nSPS) is 50.7. The molecule has 2 heterocycles. The van der Waals surface area contributed by atoms with Crippen molar-refractivity contribution in [3.05, 3.63) is 0 Å². The van der Waals surface area contributed by atoms with Gasteiger partial charge in [0.1, 0.15) is 0 Å². The summed E-state index contributed by atoms with van der Waals surface area (Å²) in [6.45, 7) is 3.19. The zero-order chi connectivity index (χ0) is 6.43. The van der Waals surface area contributed by atoms with E-state index in [2.05, 4.69) is 32.9 Å². The van der Waals surface area contributed by atoms with Crippen LogP contribution in [-0.2, 0) is 4.74 Å². The van der Waals surface area contributed by atoms with Crippen LogP contribution in [-0.4, -0.2) is 27.9 Å². The van der Waals surface area contributed by atoms with E-state index in [1.165, 1.54) is 6.42 Å². The molecule has 0 amide bonds. The van der Waals surface area contributed by atoms with Crippen LogP contribution >= 0.6 is 22.9 Å². The van der Waals surface area contributed by atoms with Crippen molar-refractivity contribution in [3.8, 4) is 0 Å². The molecular weight excluding hydrogens is 229 g/mol. The van der Waals surface area contributed by atoms with Crippen molar-refractivity contribution >= 4 is 22.9 Å². The van der Waals surface area contributed by atoms with Crippen molar-refractivity contribution in [3.63, 3.8) is 0 Å². The van der Waals surface area contributed by atoms with Gasteiger partial charge in [0.15, 0.2) is 0 Å². The SMILES string of the molecule is CC1C2CC(CO2)N1I. The highest BCUT2D eigenvalue weighted by molar-refractivity contribution is 14.1. The lowest BCUT2D eigenvalue weighted by molar-refractivity contribution is 0.0372. The van der Waals surface area contributed by atoms with Gasteiger partial charge in [0.2, 0.25) is 0 Å². The Bertz CT molecular complexity index is 112. The summed E-state index contributed by atoms with van der Waals surface area (Å²) in [7, 11) is 0. The van der Waals surface area contributed by atoms with E-state index < -0.39 is 0 Å². The molecule has 9 heavy (non-hydrogen) atoms. The highest BCUT2D eigenvalue weighted by atomic mass is 127. The molecule has 0 aromatic heterocycles. The summed E-state index contributed by atoms with van der Waals surface area (Å²) in [6, 6.07) is 1.36. The van der Waals surface area contributed by atoms with Crippen LogP contribution in [0.5, 0.6) is 0 Å². The number of rotatable bonds is 0. The average molecular weight is 239 g/mol. The maximum atomic E-state index is 5.49. The molecule has 2 saturated heterocycles. The third-order valence-corrected chi connectivity index (χ3v) is 3.95. The van der Waals surface area contributed by atoms with E-state index in [0.29, 0.717) is 18.2 Å². The second-order valence-corrected chi connectivity index (χ2v) is 3.96. The Kier molecular flexibility index (Phi) is 1.46. The molecular formula is C6H10INO. The monoisotopic (exact) mass is 239 g/mol. The molecule has 3 heteroatoms. The van der Waals surface area contributed by atoms with Crippen LogP contribution in [0.15, 0.2) is 0 Å². The van der Waals surface area contributed by atoms with Crippen LogP contribution in [0, 0.1) is 0 Å². The standard InChI is InChI=1S/C6H10INO/c1-4-6-2-5(3-9-6)8(4)7/h4-6H,2-3H2,1H3. The molecule has 2 nitrogen and oxygen atoms in total. The van der Waals surface area contributed by atoms with Crippen LogP contribution in [0.25, 0.3) is 0 Å².